The molecule has 1 aromatic carbocycles. The van der Waals surface area contributed by atoms with E-state index in [2.05, 4.69) is 4.98 Å². The molecule has 1 aromatic heterocycles. The molecule has 14 heavy (non-hydrogen) atoms. The molecule has 3 nitrogen and oxygen atoms in total. The third kappa shape index (κ3) is 1.50. The monoisotopic (exact) mass is 187 g/mol. The van der Waals surface area contributed by atoms with Crippen molar-refractivity contribution in [2.45, 2.75) is 6.92 Å². The Morgan fingerprint density at radius 2 is 2.07 bits per heavy atom. The smallest absolute Gasteiger partial charge is 0.423 e. The predicted molar refractivity (Wildman–Crippen MR) is 56.3 cm³/mol. The Hall–Kier alpha value is -1.39. The first-order valence-electron chi connectivity index (χ1n) is 4.40. The molecule has 0 radical (unpaired) electrons. The first kappa shape index (κ1) is 9.18. The van der Waals surface area contributed by atoms with Crippen molar-refractivity contribution >= 4 is 23.4 Å². The Morgan fingerprint density at radius 3 is 2.79 bits per heavy atom. The Balaban J connectivity index is 2.77. The number of hydrogen-bond acceptors (Lipinski definition) is 3. The van der Waals surface area contributed by atoms with Crippen molar-refractivity contribution in [3.05, 3.63) is 36.2 Å². The number of nitrogens with zero attached hydrogens (tertiary/aromatic N) is 1. The SMILES string of the molecule is Cc1cc2c(B(O)O)cccc2cn1. The van der Waals surface area contributed by atoms with Crippen molar-refractivity contribution in [1.82, 2.24) is 4.98 Å². The molecule has 0 unspecified atom stereocenters. The molecular formula is C10H10BNO2. The van der Waals surface area contributed by atoms with Crippen LogP contribution in [0.5, 0.6) is 0 Å². The van der Waals surface area contributed by atoms with Gasteiger partial charge < -0.3 is 10.0 Å². The van der Waals surface area contributed by atoms with Crippen molar-refractivity contribution < 1.29 is 10.0 Å². The van der Waals surface area contributed by atoms with Gasteiger partial charge in [0.25, 0.3) is 0 Å². The average molecular weight is 187 g/mol. The van der Waals surface area contributed by atoms with Crippen LogP contribution < -0.4 is 5.46 Å². The summed E-state index contributed by atoms with van der Waals surface area (Å²) in [5, 5.41) is 20.1. The van der Waals surface area contributed by atoms with Gasteiger partial charge in [-0.15, -0.1) is 0 Å². The first-order chi connectivity index (χ1) is 6.68. The van der Waals surface area contributed by atoms with E-state index in [0.29, 0.717) is 5.46 Å². The molecule has 0 spiro atoms. The molecule has 0 aliphatic carbocycles. The molecule has 0 amide bonds. The van der Waals surface area contributed by atoms with Gasteiger partial charge in [0.1, 0.15) is 0 Å². The van der Waals surface area contributed by atoms with Gasteiger partial charge in [-0.25, -0.2) is 0 Å². The van der Waals surface area contributed by atoms with E-state index < -0.39 is 7.12 Å². The standard InChI is InChI=1S/C10H10BNO2/c1-7-5-9-8(6-12-7)3-2-4-10(9)11(13)14/h2-6,13-14H,1H3. The molecular weight excluding hydrogens is 177 g/mol. The number of aryl methyl sites for hydroxylation is 1. The van der Waals surface area contributed by atoms with E-state index in [4.69, 9.17) is 10.0 Å². The minimum absolute atomic E-state index is 0.521. The highest BCUT2D eigenvalue weighted by Crippen LogP contribution is 2.11. The van der Waals surface area contributed by atoms with Crippen molar-refractivity contribution in [3.8, 4) is 0 Å². The van der Waals surface area contributed by atoms with Crippen LogP contribution in [0.25, 0.3) is 10.8 Å². The first-order valence-corrected chi connectivity index (χ1v) is 4.40. The number of pyridine rings is 1. The highest BCUT2D eigenvalue weighted by molar-refractivity contribution is 6.61. The largest absolute Gasteiger partial charge is 0.489 e. The number of hydrogen-bond donors (Lipinski definition) is 2. The minimum Gasteiger partial charge on any atom is -0.423 e. The summed E-state index contributed by atoms with van der Waals surface area (Å²) >= 11 is 0. The molecule has 4 heteroatoms. The van der Waals surface area contributed by atoms with Crippen LogP contribution in [-0.4, -0.2) is 22.2 Å². The molecule has 0 saturated heterocycles. The second kappa shape index (κ2) is 3.40. The Morgan fingerprint density at radius 1 is 1.29 bits per heavy atom. The highest BCUT2D eigenvalue weighted by Gasteiger charge is 2.13. The zero-order valence-corrected chi connectivity index (χ0v) is 7.81. The van der Waals surface area contributed by atoms with Crippen molar-refractivity contribution in [1.29, 1.82) is 0 Å². The maximum atomic E-state index is 9.15. The lowest BCUT2D eigenvalue weighted by atomic mass is 9.77. The van der Waals surface area contributed by atoms with Crippen LogP contribution in [0.2, 0.25) is 0 Å². The van der Waals surface area contributed by atoms with Crippen molar-refractivity contribution in [3.63, 3.8) is 0 Å². The summed E-state index contributed by atoms with van der Waals surface area (Å²) in [6.45, 7) is 1.87. The molecule has 0 fully saturated rings. The molecule has 70 valence electrons. The zero-order valence-electron chi connectivity index (χ0n) is 7.81. The molecule has 0 atom stereocenters. The lowest BCUT2D eigenvalue weighted by Crippen LogP contribution is -2.30. The van der Waals surface area contributed by atoms with E-state index in [1.807, 2.05) is 19.1 Å². The lowest BCUT2D eigenvalue weighted by Gasteiger charge is -2.05. The Labute approximate surface area is 82.2 Å². The van der Waals surface area contributed by atoms with Crippen LogP contribution >= 0.6 is 0 Å². The van der Waals surface area contributed by atoms with Gasteiger partial charge in [0.2, 0.25) is 0 Å². The van der Waals surface area contributed by atoms with Gasteiger partial charge in [-0.1, -0.05) is 18.2 Å². The minimum atomic E-state index is -1.43. The summed E-state index contributed by atoms with van der Waals surface area (Å²) in [7, 11) is -1.43. The normalized spacial score (nSPS) is 10.5. The topological polar surface area (TPSA) is 53.4 Å². The maximum Gasteiger partial charge on any atom is 0.489 e. The quantitative estimate of drug-likeness (QED) is 0.628. The van der Waals surface area contributed by atoms with Crippen LogP contribution in [0, 0.1) is 6.92 Å². The van der Waals surface area contributed by atoms with Gasteiger partial charge in [0.15, 0.2) is 0 Å². The second-order valence-electron chi connectivity index (χ2n) is 3.27. The fourth-order valence-electron chi connectivity index (χ4n) is 1.52. The van der Waals surface area contributed by atoms with Gasteiger partial charge in [-0.2, -0.15) is 0 Å². The summed E-state index contributed by atoms with van der Waals surface area (Å²) in [5.74, 6) is 0. The Kier molecular flexibility index (Phi) is 2.23. The number of aromatic nitrogens is 1. The molecule has 0 bridgehead atoms. The van der Waals surface area contributed by atoms with E-state index in [-0.39, 0.29) is 0 Å². The van der Waals surface area contributed by atoms with Gasteiger partial charge in [-0.05, 0) is 29.2 Å². The number of rotatable bonds is 1. The lowest BCUT2D eigenvalue weighted by molar-refractivity contribution is 0.426. The third-order valence-corrected chi connectivity index (χ3v) is 2.21. The Bertz CT molecular complexity index is 471. The van der Waals surface area contributed by atoms with E-state index in [1.54, 1.807) is 18.3 Å². The molecule has 1 heterocycles. The number of benzene rings is 1. The van der Waals surface area contributed by atoms with Crippen LogP contribution in [0.3, 0.4) is 0 Å². The molecule has 0 aliphatic rings. The summed E-state index contributed by atoms with van der Waals surface area (Å²) < 4.78 is 0. The predicted octanol–water partition coefficient (Wildman–Crippen LogP) is 0.223. The van der Waals surface area contributed by atoms with Crippen molar-refractivity contribution in [2.75, 3.05) is 0 Å². The molecule has 2 N–H and O–H groups in total. The molecule has 0 aliphatic heterocycles. The summed E-state index contributed by atoms with van der Waals surface area (Å²) in [5.41, 5.74) is 1.39. The van der Waals surface area contributed by atoms with Crippen molar-refractivity contribution in [2.24, 2.45) is 0 Å². The van der Waals surface area contributed by atoms with Crippen LogP contribution in [-0.2, 0) is 0 Å². The van der Waals surface area contributed by atoms with E-state index in [1.165, 1.54) is 0 Å². The van der Waals surface area contributed by atoms with Gasteiger partial charge in [0, 0.05) is 11.9 Å². The fourth-order valence-corrected chi connectivity index (χ4v) is 1.52. The summed E-state index contributed by atoms with van der Waals surface area (Å²) in [4.78, 5) is 4.14. The van der Waals surface area contributed by atoms with Crippen LogP contribution in [0.1, 0.15) is 5.69 Å². The molecule has 0 saturated carbocycles. The fraction of sp³-hybridized carbons (Fsp3) is 0.100. The van der Waals surface area contributed by atoms with Gasteiger partial charge >= 0.3 is 7.12 Å². The average Bonchev–Trinajstić information content (AvgIpc) is 2.16. The third-order valence-electron chi connectivity index (χ3n) is 2.21. The zero-order chi connectivity index (χ0) is 10.1. The van der Waals surface area contributed by atoms with Gasteiger partial charge in [-0.3, -0.25) is 4.98 Å². The highest BCUT2D eigenvalue weighted by atomic mass is 16.4. The van der Waals surface area contributed by atoms with Crippen LogP contribution in [0.4, 0.5) is 0 Å². The number of fused-ring (bicyclic) bond motifs is 1. The molecule has 2 rings (SSSR count). The summed E-state index contributed by atoms with van der Waals surface area (Å²) in [6.07, 6.45) is 1.73. The molecule has 2 aromatic rings. The van der Waals surface area contributed by atoms with Gasteiger partial charge in [0.05, 0.1) is 0 Å². The van der Waals surface area contributed by atoms with E-state index >= 15 is 0 Å². The van der Waals surface area contributed by atoms with E-state index in [9.17, 15) is 0 Å². The maximum absolute atomic E-state index is 9.15. The summed E-state index contributed by atoms with van der Waals surface area (Å²) in [6, 6.07) is 7.23. The van der Waals surface area contributed by atoms with Crippen LogP contribution in [0.15, 0.2) is 30.5 Å². The van der Waals surface area contributed by atoms with E-state index in [0.717, 1.165) is 16.5 Å². The second-order valence-corrected chi connectivity index (χ2v) is 3.27.